The summed E-state index contributed by atoms with van der Waals surface area (Å²) in [5, 5.41) is 0.465. The van der Waals surface area contributed by atoms with Crippen molar-refractivity contribution in [3.8, 4) is 0 Å². The molecule has 2 unspecified atom stereocenters. The number of aromatic nitrogens is 2. The van der Waals surface area contributed by atoms with Crippen molar-refractivity contribution in [3.63, 3.8) is 0 Å². The SMILES string of the molecule is CC(C)(C)[Si](C)(C)OC1CCCc2cccnc21.CC1(C)OB(c2cnc3c(c2)CCCC3O[Si](C)(C)C(C)(C)C)OC1(C)C. The Morgan fingerprint density at radius 3 is 1.71 bits per heavy atom. The summed E-state index contributed by atoms with van der Waals surface area (Å²) < 4.78 is 25.7. The van der Waals surface area contributed by atoms with Gasteiger partial charge in [-0.1, -0.05) is 53.7 Å². The summed E-state index contributed by atoms with van der Waals surface area (Å²) in [6.07, 6.45) is 10.9. The molecule has 250 valence electrons. The Morgan fingerprint density at radius 2 is 1.22 bits per heavy atom. The van der Waals surface area contributed by atoms with Crippen LogP contribution < -0.4 is 5.46 Å². The highest BCUT2D eigenvalue weighted by atomic mass is 28.4. The molecule has 1 fully saturated rings. The van der Waals surface area contributed by atoms with Crippen LogP contribution in [0, 0.1) is 0 Å². The maximum atomic E-state index is 6.72. The lowest BCUT2D eigenvalue weighted by Crippen LogP contribution is -2.42. The third-order valence-electron chi connectivity index (χ3n) is 11.4. The Bertz CT molecular complexity index is 1320. The lowest BCUT2D eigenvalue weighted by molar-refractivity contribution is 0.00578. The molecule has 3 aliphatic rings. The minimum atomic E-state index is -1.83. The fourth-order valence-corrected chi connectivity index (χ4v) is 8.20. The number of hydrogen-bond donors (Lipinski definition) is 0. The molecular formula is C36H61BN2O4Si2. The molecule has 0 radical (unpaired) electrons. The van der Waals surface area contributed by atoms with E-state index in [0.29, 0.717) is 0 Å². The first kappa shape index (κ1) is 36.5. The van der Waals surface area contributed by atoms with Crippen LogP contribution in [0.2, 0.25) is 36.3 Å². The third-order valence-corrected chi connectivity index (χ3v) is 20.4. The predicted octanol–water partition coefficient (Wildman–Crippen LogP) is 9.26. The monoisotopic (exact) mass is 652 g/mol. The summed E-state index contributed by atoms with van der Waals surface area (Å²) in [7, 11) is -3.88. The Morgan fingerprint density at radius 1 is 0.756 bits per heavy atom. The zero-order valence-corrected chi connectivity index (χ0v) is 32.9. The Balaban J connectivity index is 0.000000222. The van der Waals surface area contributed by atoms with Crippen molar-refractivity contribution >= 4 is 29.2 Å². The minimum Gasteiger partial charge on any atom is -0.408 e. The van der Waals surface area contributed by atoms with Gasteiger partial charge in [-0.3, -0.25) is 9.97 Å². The van der Waals surface area contributed by atoms with E-state index in [2.05, 4.69) is 113 Å². The fraction of sp³-hybridized carbons (Fsp3) is 0.722. The molecule has 2 aliphatic carbocycles. The number of fused-ring (bicyclic) bond motifs is 2. The maximum Gasteiger partial charge on any atom is 0.496 e. The first-order chi connectivity index (χ1) is 20.5. The highest BCUT2D eigenvalue weighted by molar-refractivity contribution is 6.74. The molecule has 0 amide bonds. The maximum absolute atomic E-state index is 6.72. The zero-order valence-electron chi connectivity index (χ0n) is 30.9. The van der Waals surface area contributed by atoms with Crippen LogP contribution >= 0.6 is 0 Å². The van der Waals surface area contributed by atoms with Crippen LogP contribution in [-0.4, -0.2) is 44.9 Å². The molecule has 0 spiro atoms. The van der Waals surface area contributed by atoms with Gasteiger partial charge in [0, 0.05) is 17.9 Å². The van der Waals surface area contributed by atoms with E-state index in [9.17, 15) is 0 Å². The van der Waals surface area contributed by atoms with Crippen molar-refractivity contribution < 1.29 is 18.2 Å². The first-order valence-corrected chi connectivity index (χ1v) is 23.0. The molecule has 0 bridgehead atoms. The summed E-state index contributed by atoms with van der Waals surface area (Å²) in [4.78, 5) is 9.41. The molecular weight excluding hydrogens is 591 g/mol. The van der Waals surface area contributed by atoms with Gasteiger partial charge in [0.1, 0.15) is 0 Å². The molecule has 1 saturated heterocycles. The second kappa shape index (κ2) is 12.9. The highest BCUT2D eigenvalue weighted by Gasteiger charge is 2.52. The quantitative estimate of drug-likeness (QED) is 0.300. The second-order valence-electron chi connectivity index (χ2n) is 17.5. The van der Waals surface area contributed by atoms with Gasteiger partial charge in [-0.25, -0.2) is 0 Å². The predicted molar refractivity (Wildman–Crippen MR) is 192 cm³/mol. The van der Waals surface area contributed by atoms with E-state index in [-0.39, 0.29) is 40.6 Å². The smallest absolute Gasteiger partial charge is 0.408 e. The van der Waals surface area contributed by atoms with Crippen molar-refractivity contribution in [3.05, 3.63) is 53.1 Å². The summed E-state index contributed by atoms with van der Waals surface area (Å²) >= 11 is 0. The molecule has 3 heterocycles. The van der Waals surface area contributed by atoms with E-state index in [1.807, 2.05) is 18.5 Å². The molecule has 0 N–H and O–H groups in total. The molecule has 45 heavy (non-hydrogen) atoms. The summed E-state index contributed by atoms with van der Waals surface area (Å²) in [6, 6.07) is 6.46. The topological polar surface area (TPSA) is 62.7 Å². The standard InChI is InChI=1S/C21H36BNO3Si.C15H25NOSi/c1-19(2,3)27(8,9)24-17-12-10-11-15-13-16(14-23-18(15)17)22-25-20(4,5)21(6,7)26-22;1-15(2,3)18(4,5)17-13-10-6-8-12-9-7-11-16-14(12)13/h13-14,17H,10-12H2,1-9H3;7,9,11,13H,6,8,10H2,1-5H3. The van der Waals surface area contributed by atoms with Gasteiger partial charge in [0.25, 0.3) is 0 Å². The van der Waals surface area contributed by atoms with E-state index >= 15 is 0 Å². The Labute approximate surface area is 277 Å². The first-order valence-electron chi connectivity index (χ1n) is 17.2. The van der Waals surface area contributed by atoms with Gasteiger partial charge in [0.05, 0.1) is 34.8 Å². The fourth-order valence-electron chi connectivity index (χ4n) is 5.61. The molecule has 2 aromatic heterocycles. The van der Waals surface area contributed by atoms with Gasteiger partial charge >= 0.3 is 7.12 Å². The number of pyridine rings is 2. The van der Waals surface area contributed by atoms with Crippen LogP contribution in [0.15, 0.2) is 30.6 Å². The van der Waals surface area contributed by atoms with Crippen LogP contribution in [0.4, 0.5) is 0 Å². The average molecular weight is 653 g/mol. The van der Waals surface area contributed by atoms with Crippen molar-refractivity contribution in [2.45, 2.75) is 167 Å². The van der Waals surface area contributed by atoms with Crippen LogP contribution in [0.25, 0.3) is 0 Å². The van der Waals surface area contributed by atoms with E-state index in [1.165, 1.54) is 23.2 Å². The Hall–Kier alpha value is -1.36. The van der Waals surface area contributed by atoms with Gasteiger partial charge in [-0.15, -0.1) is 0 Å². The minimum absolute atomic E-state index is 0.113. The van der Waals surface area contributed by atoms with Crippen LogP contribution in [0.5, 0.6) is 0 Å². The van der Waals surface area contributed by atoms with Crippen LogP contribution in [0.3, 0.4) is 0 Å². The van der Waals surface area contributed by atoms with E-state index < -0.39 is 16.6 Å². The van der Waals surface area contributed by atoms with E-state index in [0.717, 1.165) is 43.3 Å². The molecule has 5 rings (SSSR count). The number of aryl methyl sites for hydroxylation is 2. The van der Waals surface area contributed by atoms with Crippen LogP contribution in [-0.2, 0) is 31.0 Å². The number of hydrogen-bond acceptors (Lipinski definition) is 6. The van der Waals surface area contributed by atoms with E-state index in [4.69, 9.17) is 23.1 Å². The zero-order chi connectivity index (χ0) is 33.6. The molecule has 0 saturated carbocycles. The lowest BCUT2D eigenvalue weighted by atomic mass is 9.78. The number of rotatable bonds is 5. The Kier molecular flexibility index (Phi) is 10.5. The molecule has 2 aromatic rings. The average Bonchev–Trinajstić information content (AvgIpc) is 3.14. The summed E-state index contributed by atoms with van der Waals surface area (Å²) in [5.41, 5.74) is 5.33. The normalized spacial score (nSPS) is 23.1. The van der Waals surface area contributed by atoms with Gasteiger partial charge in [-0.05, 0) is 120 Å². The molecule has 6 nitrogen and oxygen atoms in total. The van der Waals surface area contributed by atoms with E-state index in [1.54, 1.807) is 0 Å². The van der Waals surface area contributed by atoms with Crippen molar-refractivity contribution in [1.29, 1.82) is 0 Å². The lowest BCUT2D eigenvalue weighted by Gasteiger charge is -2.40. The third kappa shape index (κ3) is 8.03. The highest BCUT2D eigenvalue weighted by Crippen LogP contribution is 2.44. The number of nitrogens with zero attached hydrogens (tertiary/aromatic N) is 2. The largest absolute Gasteiger partial charge is 0.496 e. The summed E-state index contributed by atoms with van der Waals surface area (Å²) in [5.74, 6) is 0. The van der Waals surface area contributed by atoms with Gasteiger partial charge < -0.3 is 18.2 Å². The molecule has 0 aromatic carbocycles. The van der Waals surface area contributed by atoms with Crippen molar-refractivity contribution in [2.24, 2.45) is 0 Å². The van der Waals surface area contributed by atoms with Gasteiger partial charge in [0.15, 0.2) is 16.6 Å². The molecule has 1 aliphatic heterocycles. The van der Waals surface area contributed by atoms with Gasteiger partial charge in [0.2, 0.25) is 0 Å². The summed E-state index contributed by atoms with van der Waals surface area (Å²) in [6.45, 7) is 31.4. The second-order valence-corrected chi connectivity index (χ2v) is 27.0. The van der Waals surface area contributed by atoms with Crippen molar-refractivity contribution in [2.75, 3.05) is 0 Å². The molecule has 9 heteroatoms. The van der Waals surface area contributed by atoms with Gasteiger partial charge in [-0.2, -0.15) is 0 Å². The van der Waals surface area contributed by atoms with Crippen molar-refractivity contribution in [1.82, 2.24) is 9.97 Å². The van der Waals surface area contributed by atoms with Crippen LogP contribution in [0.1, 0.15) is 130 Å². The molecule has 2 atom stereocenters.